The van der Waals surface area contributed by atoms with E-state index in [4.69, 9.17) is 9.97 Å². The summed E-state index contributed by atoms with van der Waals surface area (Å²) in [6.07, 6.45) is 8.55. The minimum atomic E-state index is 0.0106. The number of fused-ring (bicyclic) bond motifs is 8. The zero-order chi connectivity index (χ0) is 44.4. The van der Waals surface area contributed by atoms with Gasteiger partial charge in [-0.1, -0.05) is 159 Å². The van der Waals surface area contributed by atoms with Crippen LogP contribution in [0.5, 0.6) is 0 Å². The minimum Gasteiger partial charge on any atom is -0.354 e. The van der Waals surface area contributed by atoms with E-state index in [-0.39, 0.29) is 22.0 Å². The number of carbonyl (C=O) groups is 1. The number of rotatable bonds is 5. The van der Waals surface area contributed by atoms with Gasteiger partial charge in [0.2, 0.25) is 0 Å². The van der Waals surface area contributed by atoms with Gasteiger partial charge >= 0.3 is 0 Å². The van der Waals surface area contributed by atoms with Gasteiger partial charge in [-0.3, -0.25) is 4.79 Å². The Morgan fingerprint density at radius 2 is 0.603 bits per heavy atom. The predicted octanol–water partition coefficient (Wildman–Crippen LogP) is 15.4. The molecule has 9 rings (SSSR count). The number of Topliss-reactive ketones (excluding diaryl/α,β-unsaturated/α-hetero) is 1. The molecule has 0 fully saturated rings. The van der Waals surface area contributed by atoms with Crippen molar-refractivity contribution in [2.75, 3.05) is 0 Å². The van der Waals surface area contributed by atoms with Crippen molar-refractivity contribution < 1.29 is 4.79 Å². The second-order valence-electron chi connectivity index (χ2n) is 20.1. The molecule has 2 aliphatic heterocycles. The molecule has 2 N–H and O–H groups in total. The number of aromatic nitrogens is 4. The lowest BCUT2D eigenvalue weighted by Gasteiger charge is -2.19. The SMILES string of the molecule is CC(=O)c1ccc(-c2c3nc(c(-c4ccc(C(C)(C)C)cc4)c4ccc([nH]4)c(-c4ccc(C(C)(C)C)cc4)c4nc(c(-c5ccc(C(C)(C)C)cc5)c5ccc2[nH]5)C=C4)C=C3)cc1. The number of benzene rings is 4. The second kappa shape index (κ2) is 15.5. The molecule has 3 aromatic heterocycles. The van der Waals surface area contributed by atoms with E-state index in [1.807, 2.05) is 24.3 Å². The Bertz CT molecular complexity index is 3080. The van der Waals surface area contributed by atoms with Crippen LogP contribution in [0.4, 0.5) is 0 Å². The monoisotopic (exact) mass is 824 g/mol. The molecule has 0 unspecified atom stereocenters. The molecular weight excluding hydrogens is 769 g/mol. The van der Waals surface area contributed by atoms with Crippen LogP contribution < -0.4 is 0 Å². The van der Waals surface area contributed by atoms with Crippen LogP contribution in [0.15, 0.2) is 121 Å². The van der Waals surface area contributed by atoms with Gasteiger partial charge in [-0.05, 0) is 111 Å². The zero-order valence-corrected chi connectivity index (χ0v) is 38.2. The van der Waals surface area contributed by atoms with Crippen molar-refractivity contribution in [3.05, 3.63) is 166 Å². The van der Waals surface area contributed by atoms with Crippen LogP contribution in [0, 0.1) is 0 Å². The first-order chi connectivity index (χ1) is 29.9. The number of nitrogens with one attached hydrogen (secondary N) is 2. The summed E-state index contributed by atoms with van der Waals surface area (Å²) >= 11 is 0. The van der Waals surface area contributed by atoms with Crippen molar-refractivity contribution in [1.82, 2.24) is 19.9 Å². The average Bonchev–Trinajstić information content (AvgIpc) is 4.09. The molecule has 0 saturated carbocycles. The van der Waals surface area contributed by atoms with Gasteiger partial charge in [-0.25, -0.2) is 9.97 Å². The predicted molar refractivity (Wildman–Crippen MR) is 267 cm³/mol. The molecule has 2 aliphatic rings. The quantitative estimate of drug-likeness (QED) is 0.170. The van der Waals surface area contributed by atoms with Crippen LogP contribution in [0.25, 0.3) is 90.9 Å². The molecule has 314 valence electrons. The standard InChI is InChI=1S/C58H56N4O/c1-35(63)36-11-13-37(14-12-36)52-44-27-29-46(59-44)53(38-15-21-41(22-16-38)56(2,3)4)48-31-33-50(61-48)55(40-19-25-43(26-20-40)58(8,9)10)51-34-32-49(62-51)54(47-30-28-45(52)60-47)39-17-23-42(24-18-39)57(5,6)7/h11-34,59,62H,1-10H3. The normalized spacial score (nSPS) is 12.9. The Morgan fingerprint density at radius 3 is 0.825 bits per heavy atom. The highest BCUT2D eigenvalue weighted by atomic mass is 16.1. The number of ketones is 1. The fourth-order valence-corrected chi connectivity index (χ4v) is 8.70. The Labute approximate surface area is 371 Å². The van der Waals surface area contributed by atoms with E-state index in [0.717, 1.165) is 89.4 Å². The van der Waals surface area contributed by atoms with Gasteiger partial charge < -0.3 is 9.97 Å². The Hall–Kier alpha value is -6.85. The van der Waals surface area contributed by atoms with Gasteiger partial charge in [0, 0.05) is 49.9 Å². The zero-order valence-electron chi connectivity index (χ0n) is 38.2. The van der Waals surface area contributed by atoms with E-state index in [0.29, 0.717) is 5.56 Å². The van der Waals surface area contributed by atoms with E-state index in [1.165, 1.54) is 16.7 Å². The molecule has 5 heteroatoms. The number of aromatic amines is 2. The molecule has 4 aromatic carbocycles. The first kappa shape index (κ1) is 41.5. The number of hydrogen-bond acceptors (Lipinski definition) is 3. The van der Waals surface area contributed by atoms with Crippen molar-refractivity contribution in [2.24, 2.45) is 0 Å². The highest BCUT2D eigenvalue weighted by molar-refractivity contribution is 6.00. The summed E-state index contributed by atoms with van der Waals surface area (Å²) in [6, 6.07) is 43.3. The Kier molecular flexibility index (Phi) is 10.2. The van der Waals surface area contributed by atoms with Gasteiger partial charge in [0.05, 0.1) is 22.8 Å². The molecule has 0 spiro atoms. The van der Waals surface area contributed by atoms with E-state index in [9.17, 15) is 4.79 Å². The van der Waals surface area contributed by atoms with Crippen molar-refractivity contribution in [1.29, 1.82) is 0 Å². The molecule has 0 saturated heterocycles. The van der Waals surface area contributed by atoms with Crippen molar-refractivity contribution in [2.45, 2.75) is 85.5 Å². The molecule has 0 radical (unpaired) electrons. The fraction of sp³-hybridized carbons (Fsp3) is 0.224. The summed E-state index contributed by atoms with van der Waals surface area (Å²) < 4.78 is 0. The largest absolute Gasteiger partial charge is 0.354 e. The van der Waals surface area contributed by atoms with Crippen LogP contribution in [-0.2, 0) is 16.2 Å². The lowest BCUT2D eigenvalue weighted by atomic mass is 9.86. The summed E-state index contributed by atoms with van der Waals surface area (Å²) in [6.45, 7) is 21.8. The van der Waals surface area contributed by atoms with Crippen LogP contribution in [0.1, 0.15) is 119 Å². The van der Waals surface area contributed by atoms with Crippen LogP contribution in [0.3, 0.4) is 0 Å². The number of carbonyl (C=O) groups excluding carboxylic acids is 1. The summed E-state index contributed by atoms with van der Waals surface area (Å²) in [7, 11) is 0. The van der Waals surface area contributed by atoms with Crippen LogP contribution in [-0.4, -0.2) is 25.7 Å². The molecule has 0 amide bonds. The van der Waals surface area contributed by atoms with Crippen molar-refractivity contribution in [3.63, 3.8) is 0 Å². The summed E-state index contributed by atoms with van der Waals surface area (Å²) in [4.78, 5) is 31.2. The maximum absolute atomic E-state index is 12.4. The maximum Gasteiger partial charge on any atom is 0.159 e. The lowest BCUT2D eigenvalue weighted by molar-refractivity contribution is 0.101. The van der Waals surface area contributed by atoms with Gasteiger partial charge in [-0.2, -0.15) is 0 Å². The average molecular weight is 825 g/mol. The van der Waals surface area contributed by atoms with Gasteiger partial charge in [0.1, 0.15) is 0 Å². The minimum absolute atomic E-state index is 0.0106. The van der Waals surface area contributed by atoms with Crippen LogP contribution >= 0.6 is 0 Å². The molecule has 0 atom stereocenters. The Morgan fingerprint density at radius 1 is 0.365 bits per heavy atom. The first-order valence-electron chi connectivity index (χ1n) is 22.0. The fourth-order valence-electron chi connectivity index (χ4n) is 8.70. The highest BCUT2D eigenvalue weighted by Gasteiger charge is 2.22. The van der Waals surface area contributed by atoms with Gasteiger partial charge in [-0.15, -0.1) is 0 Å². The third kappa shape index (κ3) is 8.05. The van der Waals surface area contributed by atoms with Gasteiger partial charge in [0.25, 0.3) is 0 Å². The number of H-pyrrole nitrogens is 2. The molecule has 8 bridgehead atoms. The van der Waals surface area contributed by atoms with Crippen LogP contribution in [0.2, 0.25) is 0 Å². The molecule has 5 nitrogen and oxygen atoms in total. The van der Waals surface area contributed by atoms with E-state index >= 15 is 0 Å². The summed E-state index contributed by atoms with van der Waals surface area (Å²) in [5.74, 6) is 0.0306. The third-order valence-electron chi connectivity index (χ3n) is 12.5. The topological polar surface area (TPSA) is 74.4 Å². The number of nitrogens with zero attached hydrogens (tertiary/aromatic N) is 2. The molecule has 7 aromatic rings. The van der Waals surface area contributed by atoms with E-state index in [1.54, 1.807) is 6.92 Å². The number of hydrogen-bond donors (Lipinski definition) is 2. The smallest absolute Gasteiger partial charge is 0.159 e. The van der Waals surface area contributed by atoms with E-state index < -0.39 is 0 Å². The summed E-state index contributed by atoms with van der Waals surface area (Å²) in [5, 5.41) is 0. The third-order valence-corrected chi connectivity index (χ3v) is 12.5. The van der Waals surface area contributed by atoms with Crippen molar-refractivity contribution >= 4 is 52.2 Å². The molecule has 0 aliphatic carbocycles. The maximum atomic E-state index is 12.4. The highest BCUT2D eigenvalue weighted by Crippen LogP contribution is 2.40. The van der Waals surface area contributed by atoms with Crippen molar-refractivity contribution in [3.8, 4) is 44.5 Å². The molecule has 63 heavy (non-hydrogen) atoms. The Balaban J connectivity index is 1.42. The second-order valence-corrected chi connectivity index (χ2v) is 20.1. The molecular formula is C58H56N4O. The molecule has 5 heterocycles. The summed E-state index contributed by atoms with van der Waals surface area (Å²) in [5.41, 5.74) is 19.9. The lowest BCUT2D eigenvalue weighted by Crippen LogP contribution is -2.10. The first-order valence-corrected chi connectivity index (χ1v) is 22.0. The van der Waals surface area contributed by atoms with E-state index in [2.05, 4.69) is 194 Å². The van der Waals surface area contributed by atoms with Gasteiger partial charge in [0.15, 0.2) is 5.78 Å².